The maximum atomic E-state index is 12.9. The Morgan fingerprint density at radius 3 is 2.92 bits per heavy atom. The number of hydrogen-bond donors (Lipinski definition) is 0. The van der Waals surface area contributed by atoms with Crippen LogP contribution in [0.2, 0.25) is 0 Å². The van der Waals surface area contributed by atoms with Crippen molar-refractivity contribution in [1.82, 2.24) is 9.80 Å². The number of rotatable bonds is 4. The zero-order chi connectivity index (χ0) is 18.1. The monoisotopic (exact) mass is 354 g/mol. The molecular formula is C21H26N2O3. The van der Waals surface area contributed by atoms with Crippen LogP contribution >= 0.6 is 0 Å². The van der Waals surface area contributed by atoms with Gasteiger partial charge in [0.15, 0.2) is 0 Å². The van der Waals surface area contributed by atoms with E-state index in [1.54, 1.807) is 6.26 Å². The van der Waals surface area contributed by atoms with Crippen molar-refractivity contribution < 1.29 is 14.0 Å². The van der Waals surface area contributed by atoms with E-state index in [2.05, 4.69) is 19.1 Å². The SMILES string of the molecule is CCc1ccc2occ(CC(=O)N3CCC[C@@H](N4CCCC4=O)C3)c2c1. The van der Waals surface area contributed by atoms with Gasteiger partial charge in [-0.05, 0) is 43.4 Å². The molecule has 2 amide bonds. The molecule has 138 valence electrons. The normalized spacial score (nSPS) is 21.0. The minimum absolute atomic E-state index is 0.131. The Hall–Kier alpha value is -2.30. The molecule has 1 atom stereocenters. The van der Waals surface area contributed by atoms with Gasteiger partial charge in [0.25, 0.3) is 0 Å². The van der Waals surface area contributed by atoms with Crippen LogP contribution in [-0.4, -0.2) is 47.3 Å². The van der Waals surface area contributed by atoms with E-state index in [0.717, 1.165) is 55.3 Å². The van der Waals surface area contributed by atoms with E-state index < -0.39 is 0 Å². The first-order chi connectivity index (χ1) is 12.7. The summed E-state index contributed by atoms with van der Waals surface area (Å²) in [4.78, 5) is 28.8. The summed E-state index contributed by atoms with van der Waals surface area (Å²) < 4.78 is 5.63. The molecule has 0 N–H and O–H groups in total. The van der Waals surface area contributed by atoms with E-state index >= 15 is 0 Å². The number of hydrogen-bond acceptors (Lipinski definition) is 3. The molecule has 0 aliphatic carbocycles. The summed E-state index contributed by atoms with van der Waals surface area (Å²) >= 11 is 0. The Morgan fingerprint density at radius 2 is 2.15 bits per heavy atom. The van der Waals surface area contributed by atoms with E-state index in [9.17, 15) is 9.59 Å². The van der Waals surface area contributed by atoms with Crippen molar-refractivity contribution in [2.45, 2.75) is 51.5 Å². The molecule has 0 bridgehead atoms. The molecule has 2 aromatic rings. The first-order valence-electron chi connectivity index (χ1n) is 9.72. The van der Waals surface area contributed by atoms with E-state index in [0.29, 0.717) is 19.4 Å². The fraction of sp³-hybridized carbons (Fsp3) is 0.524. The average Bonchev–Trinajstić information content (AvgIpc) is 3.27. The summed E-state index contributed by atoms with van der Waals surface area (Å²) in [6.45, 7) is 4.42. The molecule has 4 rings (SSSR count). The Balaban J connectivity index is 1.47. The average molecular weight is 354 g/mol. The third-order valence-corrected chi connectivity index (χ3v) is 5.77. The maximum absolute atomic E-state index is 12.9. The topological polar surface area (TPSA) is 53.8 Å². The number of fused-ring (bicyclic) bond motifs is 1. The van der Waals surface area contributed by atoms with Gasteiger partial charge in [0.2, 0.25) is 11.8 Å². The molecule has 2 saturated heterocycles. The lowest BCUT2D eigenvalue weighted by atomic mass is 10.0. The molecule has 2 aliphatic rings. The molecule has 0 unspecified atom stereocenters. The van der Waals surface area contributed by atoms with Gasteiger partial charge in [-0.25, -0.2) is 0 Å². The lowest BCUT2D eigenvalue weighted by molar-refractivity contribution is -0.137. The quantitative estimate of drug-likeness (QED) is 0.847. The van der Waals surface area contributed by atoms with Crippen LogP contribution in [0.5, 0.6) is 0 Å². The first-order valence-corrected chi connectivity index (χ1v) is 9.72. The molecule has 0 saturated carbocycles. The Morgan fingerprint density at radius 1 is 1.27 bits per heavy atom. The second-order valence-electron chi connectivity index (χ2n) is 7.45. The van der Waals surface area contributed by atoms with Crippen molar-refractivity contribution >= 4 is 22.8 Å². The summed E-state index contributed by atoms with van der Waals surface area (Å²) in [7, 11) is 0. The van der Waals surface area contributed by atoms with Crippen molar-refractivity contribution in [3.63, 3.8) is 0 Å². The molecule has 1 aromatic heterocycles. The number of furan rings is 1. The van der Waals surface area contributed by atoms with Gasteiger partial charge in [-0.15, -0.1) is 0 Å². The molecule has 3 heterocycles. The molecule has 2 aliphatic heterocycles. The first kappa shape index (κ1) is 17.1. The molecule has 0 spiro atoms. The number of piperidine rings is 1. The van der Waals surface area contributed by atoms with E-state index in [1.165, 1.54) is 5.56 Å². The van der Waals surface area contributed by atoms with Crippen LogP contribution in [0, 0.1) is 0 Å². The standard InChI is InChI=1S/C21H26N2O3/c1-2-15-7-8-19-18(11-15)16(14-26-19)12-21(25)22-9-3-5-17(13-22)23-10-4-6-20(23)24/h7-8,11,14,17H,2-6,9-10,12-13H2,1H3/t17-/m1/s1. The highest BCUT2D eigenvalue weighted by atomic mass is 16.3. The second-order valence-corrected chi connectivity index (χ2v) is 7.45. The fourth-order valence-electron chi connectivity index (χ4n) is 4.25. The smallest absolute Gasteiger partial charge is 0.227 e. The lowest BCUT2D eigenvalue weighted by Crippen LogP contribution is -2.50. The Bertz CT molecular complexity index is 826. The number of amides is 2. The number of aryl methyl sites for hydroxylation is 1. The fourth-order valence-corrected chi connectivity index (χ4v) is 4.25. The third kappa shape index (κ3) is 3.22. The van der Waals surface area contributed by atoms with Crippen molar-refractivity contribution in [1.29, 1.82) is 0 Å². The van der Waals surface area contributed by atoms with Crippen molar-refractivity contribution in [3.05, 3.63) is 35.6 Å². The van der Waals surface area contributed by atoms with Crippen LogP contribution in [0.4, 0.5) is 0 Å². The van der Waals surface area contributed by atoms with Crippen molar-refractivity contribution in [2.75, 3.05) is 19.6 Å². The van der Waals surface area contributed by atoms with Gasteiger partial charge in [0.1, 0.15) is 5.58 Å². The summed E-state index contributed by atoms with van der Waals surface area (Å²) in [6, 6.07) is 6.37. The Labute approximate surface area is 153 Å². The van der Waals surface area contributed by atoms with Crippen LogP contribution in [-0.2, 0) is 22.4 Å². The number of nitrogens with zero attached hydrogens (tertiary/aromatic N) is 2. The molecule has 26 heavy (non-hydrogen) atoms. The molecule has 1 aromatic carbocycles. The lowest BCUT2D eigenvalue weighted by Gasteiger charge is -2.37. The molecular weight excluding hydrogens is 328 g/mol. The second kappa shape index (κ2) is 7.14. The highest BCUT2D eigenvalue weighted by molar-refractivity contribution is 5.88. The van der Waals surface area contributed by atoms with E-state index in [-0.39, 0.29) is 17.9 Å². The van der Waals surface area contributed by atoms with Crippen LogP contribution in [0.1, 0.15) is 43.7 Å². The molecule has 5 heteroatoms. The highest BCUT2D eigenvalue weighted by Gasteiger charge is 2.32. The zero-order valence-corrected chi connectivity index (χ0v) is 15.4. The van der Waals surface area contributed by atoms with Gasteiger partial charge in [0.05, 0.1) is 12.7 Å². The predicted octanol–water partition coefficient (Wildman–Crippen LogP) is 3.15. The van der Waals surface area contributed by atoms with Crippen molar-refractivity contribution in [2.24, 2.45) is 0 Å². The Kier molecular flexibility index (Phi) is 4.70. The largest absolute Gasteiger partial charge is 0.464 e. The molecule has 5 nitrogen and oxygen atoms in total. The predicted molar refractivity (Wildman–Crippen MR) is 99.8 cm³/mol. The molecule has 0 radical (unpaired) electrons. The van der Waals surface area contributed by atoms with Gasteiger partial charge in [-0.3, -0.25) is 9.59 Å². The summed E-state index contributed by atoms with van der Waals surface area (Å²) in [5.41, 5.74) is 3.04. The number of carbonyl (C=O) groups is 2. The van der Waals surface area contributed by atoms with Crippen LogP contribution < -0.4 is 0 Å². The zero-order valence-electron chi connectivity index (χ0n) is 15.4. The van der Waals surface area contributed by atoms with Gasteiger partial charge in [0, 0.05) is 43.0 Å². The minimum Gasteiger partial charge on any atom is -0.464 e. The number of carbonyl (C=O) groups excluding carboxylic acids is 2. The summed E-state index contributed by atoms with van der Waals surface area (Å²) in [5.74, 6) is 0.378. The van der Waals surface area contributed by atoms with Gasteiger partial charge in [-0.1, -0.05) is 13.0 Å². The van der Waals surface area contributed by atoms with E-state index in [4.69, 9.17) is 4.42 Å². The maximum Gasteiger partial charge on any atom is 0.227 e. The van der Waals surface area contributed by atoms with Crippen LogP contribution in [0.3, 0.4) is 0 Å². The summed E-state index contributed by atoms with van der Waals surface area (Å²) in [6.07, 6.45) is 6.62. The van der Waals surface area contributed by atoms with Gasteiger partial charge in [-0.2, -0.15) is 0 Å². The van der Waals surface area contributed by atoms with E-state index in [1.807, 2.05) is 15.9 Å². The highest BCUT2D eigenvalue weighted by Crippen LogP contribution is 2.25. The van der Waals surface area contributed by atoms with Crippen LogP contribution in [0.25, 0.3) is 11.0 Å². The number of likely N-dealkylation sites (tertiary alicyclic amines) is 2. The van der Waals surface area contributed by atoms with Gasteiger partial charge >= 0.3 is 0 Å². The van der Waals surface area contributed by atoms with Crippen molar-refractivity contribution in [3.8, 4) is 0 Å². The molecule has 2 fully saturated rings. The van der Waals surface area contributed by atoms with Crippen LogP contribution in [0.15, 0.2) is 28.9 Å². The number of benzene rings is 1. The van der Waals surface area contributed by atoms with Gasteiger partial charge < -0.3 is 14.2 Å². The minimum atomic E-state index is 0.131. The third-order valence-electron chi connectivity index (χ3n) is 5.77. The summed E-state index contributed by atoms with van der Waals surface area (Å²) in [5, 5.41) is 1.04.